The Kier molecular flexibility index (Phi) is 8.84. The summed E-state index contributed by atoms with van der Waals surface area (Å²) in [6.07, 6.45) is 7.50. The molecule has 2 aliphatic rings. The van der Waals surface area contributed by atoms with Crippen LogP contribution in [0.4, 0.5) is 10.6 Å². The van der Waals surface area contributed by atoms with Gasteiger partial charge in [0.2, 0.25) is 5.91 Å². The average Bonchev–Trinajstić information content (AvgIpc) is 3.23. The summed E-state index contributed by atoms with van der Waals surface area (Å²) in [5.41, 5.74) is 0.572. The van der Waals surface area contributed by atoms with E-state index in [2.05, 4.69) is 6.92 Å². The highest BCUT2D eigenvalue weighted by atomic mass is 16.6. The molecule has 0 atom stereocenters. The first-order chi connectivity index (χ1) is 16.9. The molecule has 0 N–H and O–H groups in total. The van der Waals surface area contributed by atoms with E-state index in [1.807, 2.05) is 40.7 Å². The van der Waals surface area contributed by atoms with Gasteiger partial charge in [-0.25, -0.2) is 14.3 Å². The molecule has 0 unspecified atom stereocenters. The first-order valence-electron chi connectivity index (χ1n) is 13.2. The molecular weight excluding hydrogens is 460 g/mol. The molecule has 9 nitrogen and oxygen atoms in total. The van der Waals surface area contributed by atoms with Gasteiger partial charge in [-0.15, -0.1) is 5.10 Å². The van der Waals surface area contributed by atoms with E-state index in [-0.39, 0.29) is 36.1 Å². The first-order valence-corrected chi connectivity index (χ1v) is 13.2. The maximum Gasteiger partial charge on any atom is 0.410 e. The van der Waals surface area contributed by atoms with Crippen LogP contribution in [-0.4, -0.2) is 64.0 Å². The molecule has 0 spiro atoms. The Morgan fingerprint density at radius 1 is 1.17 bits per heavy atom. The standard InChI is InChI=1S/C27H42N4O5/c1-8-35-25(33)22-17-30(21-13-15-29(16-14-21)26(34)36-27(5,6)7)28-23(22)31(18(2)3)24(32)20-11-9-19(4)10-12-20/h13,17-20H,8-12,14-16H2,1-7H3. The molecule has 2 amide bonds. The van der Waals surface area contributed by atoms with Crippen LogP contribution < -0.4 is 4.90 Å². The summed E-state index contributed by atoms with van der Waals surface area (Å²) in [5, 5.41) is 4.74. The van der Waals surface area contributed by atoms with E-state index < -0.39 is 11.6 Å². The Morgan fingerprint density at radius 3 is 2.36 bits per heavy atom. The summed E-state index contributed by atoms with van der Waals surface area (Å²) in [4.78, 5) is 42.3. The van der Waals surface area contributed by atoms with Crippen LogP contribution in [0.1, 0.15) is 90.9 Å². The lowest BCUT2D eigenvalue weighted by molar-refractivity contribution is -0.124. The minimum Gasteiger partial charge on any atom is -0.462 e. The molecule has 1 aromatic rings. The van der Waals surface area contributed by atoms with E-state index >= 15 is 0 Å². The number of carbonyl (C=O) groups is 3. The zero-order valence-corrected chi connectivity index (χ0v) is 22.9. The molecule has 0 bridgehead atoms. The second-order valence-electron chi connectivity index (χ2n) is 11.2. The van der Waals surface area contributed by atoms with Gasteiger partial charge in [-0.1, -0.05) is 6.92 Å². The number of hydrogen-bond donors (Lipinski definition) is 0. The fourth-order valence-corrected chi connectivity index (χ4v) is 4.71. The second kappa shape index (κ2) is 11.5. The molecule has 200 valence electrons. The third-order valence-corrected chi connectivity index (χ3v) is 6.67. The van der Waals surface area contributed by atoms with Gasteiger partial charge in [0, 0.05) is 43.4 Å². The van der Waals surface area contributed by atoms with Gasteiger partial charge in [0.1, 0.15) is 11.2 Å². The van der Waals surface area contributed by atoms with Crippen molar-refractivity contribution >= 4 is 29.5 Å². The van der Waals surface area contributed by atoms with Crippen LogP contribution in [0.25, 0.3) is 5.70 Å². The van der Waals surface area contributed by atoms with Gasteiger partial charge in [-0.2, -0.15) is 0 Å². The van der Waals surface area contributed by atoms with Crippen LogP contribution in [-0.2, 0) is 14.3 Å². The molecule has 0 radical (unpaired) electrons. The van der Waals surface area contributed by atoms with Crippen molar-refractivity contribution in [2.45, 2.75) is 92.2 Å². The molecular formula is C27H42N4O5. The van der Waals surface area contributed by atoms with Crippen molar-refractivity contribution in [1.29, 1.82) is 0 Å². The number of aromatic nitrogens is 2. The quantitative estimate of drug-likeness (QED) is 0.502. The predicted molar refractivity (Wildman–Crippen MR) is 139 cm³/mol. The van der Waals surface area contributed by atoms with Gasteiger partial charge < -0.3 is 14.4 Å². The average molecular weight is 503 g/mol. The van der Waals surface area contributed by atoms with Crippen molar-refractivity contribution in [2.24, 2.45) is 11.8 Å². The Balaban J connectivity index is 1.89. The van der Waals surface area contributed by atoms with Crippen LogP contribution in [0.3, 0.4) is 0 Å². The molecule has 0 aromatic carbocycles. The maximum absolute atomic E-state index is 13.6. The predicted octanol–water partition coefficient (Wildman–Crippen LogP) is 5.11. The van der Waals surface area contributed by atoms with Gasteiger partial charge in [0.15, 0.2) is 5.82 Å². The SMILES string of the molecule is CCOC(=O)c1cn(C2=CCN(C(=O)OC(C)(C)C)CC2)nc1N(C(=O)C1CCC(C)CC1)C(C)C. The lowest BCUT2D eigenvalue weighted by Gasteiger charge is -2.32. The van der Waals surface area contributed by atoms with Gasteiger partial charge in [0.25, 0.3) is 0 Å². The Labute approximate surface area is 214 Å². The number of rotatable bonds is 6. The Bertz CT molecular complexity index is 983. The lowest BCUT2D eigenvalue weighted by atomic mass is 9.82. The van der Waals surface area contributed by atoms with Gasteiger partial charge in [-0.05, 0) is 79.2 Å². The summed E-state index contributed by atoms with van der Waals surface area (Å²) >= 11 is 0. The number of ether oxygens (including phenoxy) is 2. The summed E-state index contributed by atoms with van der Waals surface area (Å²) in [6, 6.07) is -0.170. The van der Waals surface area contributed by atoms with E-state index in [0.717, 1.165) is 31.4 Å². The van der Waals surface area contributed by atoms with Crippen molar-refractivity contribution in [3.63, 3.8) is 0 Å². The van der Waals surface area contributed by atoms with Crippen LogP contribution in [0.15, 0.2) is 12.3 Å². The minimum absolute atomic E-state index is 0.0152. The van der Waals surface area contributed by atoms with E-state index in [0.29, 0.717) is 31.2 Å². The van der Waals surface area contributed by atoms with Crippen LogP contribution in [0, 0.1) is 11.8 Å². The molecule has 36 heavy (non-hydrogen) atoms. The molecule has 1 aliphatic heterocycles. The largest absolute Gasteiger partial charge is 0.462 e. The molecule has 1 fully saturated rings. The number of hydrogen-bond acceptors (Lipinski definition) is 6. The summed E-state index contributed by atoms with van der Waals surface area (Å²) in [7, 11) is 0. The van der Waals surface area contributed by atoms with Crippen molar-refractivity contribution < 1.29 is 23.9 Å². The third-order valence-electron chi connectivity index (χ3n) is 6.67. The second-order valence-corrected chi connectivity index (χ2v) is 11.2. The van der Waals surface area contributed by atoms with Crippen molar-refractivity contribution in [1.82, 2.24) is 14.7 Å². The number of carbonyl (C=O) groups excluding carboxylic acids is 3. The summed E-state index contributed by atoms with van der Waals surface area (Å²) in [5.74, 6) is 0.416. The highest BCUT2D eigenvalue weighted by Gasteiger charge is 2.35. The molecule has 1 aliphatic carbocycles. The van der Waals surface area contributed by atoms with Gasteiger partial charge in [-0.3, -0.25) is 9.69 Å². The number of esters is 1. The molecule has 0 saturated heterocycles. The molecule has 3 rings (SSSR count). The van der Waals surface area contributed by atoms with E-state index in [1.54, 1.807) is 27.6 Å². The third kappa shape index (κ3) is 6.68. The molecule has 9 heteroatoms. The normalized spacial score (nSPS) is 20.7. The van der Waals surface area contributed by atoms with E-state index in [9.17, 15) is 14.4 Å². The lowest BCUT2D eigenvalue weighted by Crippen LogP contribution is -2.43. The molecule has 1 saturated carbocycles. The van der Waals surface area contributed by atoms with Crippen molar-refractivity contribution in [3.05, 3.63) is 17.8 Å². The summed E-state index contributed by atoms with van der Waals surface area (Å²) in [6.45, 7) is 14.5. The Hall–Kier alpha value is -2.84. The van der Waals surface area contributed by atoms with Crippen LogP contribution in [0.2, 0.25) is 0 Å². The van der Waals surface area contributed by atoms with Gasteiger partial charge in [0.05, 0.1) is 6.61 Å². The maximum atomic E-state index is 13.6. The smallest absolute Gasteiger partial charge is 0.410 e. The fourth-order valence-electron chi connectivity index (χ4n) is 4.71. The minimum atomic E-state index is -0.560. The monoisotopic (exact) mass is 502 g/mol. The molecule has 2 heterocycles. The zero-order chi connectivity index (χ0) is 26.6. The van der Waals surface area contributed by atoms with Crippen molar-refractivity contribution in [2.75, 3.05) is 24.6 Å². The van der Waals surface area contributed by atoms with Gasteiger partial charge >= 0.3 is 12.1 Å². The number of nitrogens with zero attached hydrogens (tertiary/aromatic N) is 4. The topological polar surface area (TPSA) is 94.0 Å². The first kappa shape index (κ1) is 27.7. The highest BCUT2D eigenvalue weighted by molar-refractivity contribution is 6.02. The number of anilines is 1. The Morgan fingerprint density at radius 2 is 1.83 bits per heavy atom. The van der Waals surface area contributed by atoms with Crippen LogP contribution in [0.5, 0.6) is 0 Å². The molecule has 1 aromatic heterocycles. The van der Waals surface area contributed by atoms with E-state index in [1.165, 1.54) is 0 Å². The zero-order valence-electron chi connectivity index (χ0n) is 22.9. The highest BCUT2D eigenvalue weighted by Crippen LogP contribution is 2.33. The van der Waals surface area contributed by atoms with Crippen molar-refractivity contribution in [3.8, 4) is 0 Å². The fraction of sp³-hybridized carbons (Fsp3) is 0.704. The van der Waals surface area contributed by atoms with Crippen LogP contribution >= 0.6 is 0 Å². The van der Waals surface area contributed by atoms with E-state index in [4.69, 9.17) is 14.6 Å². The number of amides is 2. The summed E-state index contributed by atoms with van der Waals surface area (Å²) < 4.78 is 12.4.